The van der Waals surface area contributed by atoms with Crippen LogP contribution in [-0.4, -0.2) is 51.4 Å². The Balaban J connectivity index is 1.38. The molecule has 2 aromatic heterocycles. The second kappa shape index (κ2) is 10.8. The highest BCUT2D eigenvalue weighted by atomic mass is 35.5. The lowest BCUT2D eigenvalue weighted by molar-refractivity contribution is -0.123. The highest BCUT2D eigenvalue weighted by Crippen LogP contribution is 2.37. The summed E-state index contributed by atoms with van der Waals surface area (Å²) < 4.78 is 0. The summed E-state index contributed by atoms with van der Waals surface area (Å²) in [6.07, 6.45) is 6.94. The fraction of sp³-hybridized carbons (Fsp3) is 0.407. The molecule has 4 N–H and O–H groups in total. The van der Waals surface area contributed by atoms with Crippen LogP contribution in [0.3, 0.4) is 0 Å². The van der Waals surface area contributed by atoms with Crippen molar-refractivity contribution in [2.45, 2.75) is 63.6 Å². The van der Waals surface area contributed by atoms with Crippen LogP contribution in [0.4, 0.5) is 5.69 Å². The van der Waals surface area contributed by atoms with Gasteiger partial charge in [0, 0.05) is 23.8 Å². The minimum absolute atomic E-state index is 0.0734. The third-order valence-corrected chi connectivity index (χ3v) is 7.78. The molecule has 5 rings (SSSR count). The first-order valence-corrected chi connectivity index (χ1v) is 13.3. The number of nitrogens with one attached hydrogen (secondary N) is 3. The van der Waals surface area contributed by atoms with E-state index in [9.17, 15) is 14.7 Å². The smallest absolute Gasteiger partial charge is 0.237 e. The summed E-state index contributed by atoms with van der Waals surface area (Å²) in [4.78, 5) is 34.3. The van der Waals surface area contributed by atoms with E-state index in [0.717, 1.165) is 45.1 Å². The topological polar surface area (TPSA) is 116 Å². The number of pyridine rings is 2. The van der Waals surface area contributed by atoms with Crippen LogP contribution in [0.1, 0.15) is 55.8 Å². The summed E-state index contributed by atoms with van der Waals surface area (Å²) in [6, 6.07) is 7.05. The van der Waals surface area contributed by atoms with Crippen LogP contribution >= 0.6 is 23.2 Å². The zero-order valence-electron chi connectivity index (χ0n) is 20.5. The Morgan fingerprint density at radius 1 is 1.05 bits per heavy atom. The van der Waals surface area contributed by atoms with Crippen molar-refractivity contribution in [3.63, 3.8) is 0 Å². The molecule has 0 unspecified atom stereocenters. The van der Waals surface area contributed by atoms with Gasteiger partial charge in [-0.05, 0) is 76.3 Å². The number of Topliss-reactive ketones (excluding diaryl/α,β-unsaturated/α-hetero) is 1. The minimum Gasteiger partial charge on any atom is -0.505 e. The summed E-state index contributed by atoms with van der Waals surface area (Å²) in [5.41, 5.74) is 3.58. The van der Waals surface area contributed by atoms with Gasteiger partial charge in [-0.3, -0.25) is 14.6 Å². The lowest BCUT2D eigenvalue weighted by Crippen LogP contribution is -2.47. The van der Waals surface area contributed by atoms with Gasteiger partial charge in [0.25, 0.3) is 0 Å². The van der Waals surface area contributed by atoms with Gasteiger partial charge < -0.3 is 21.1 Å². The normalized spacial score (nSPS) is 21.6. The number of carbonyl (C=O) groups excluding carboxylic acids is 2. The molecule has 0 radical (unpaired) electrons. The zero-order chi connectivity index (χ0) is 26.1. The molecule has 1 saturated heterocycles. The quantitative estimate of drug-likeness (QED) is 0.320. The molecule has 0 spiro atoms. The number of benzene rings is 1. The second-order valence-corrected chi connectivity index (χ2v) is 10.6. The monoisotopic (exact) mass is 541 g/mol. The van der Waals surface area contributed by atoms with Gasteiger partial charge in [-0.25, -0.2) is 4.98 Å². The van der Waals surface area contributed by atoms with Crippen LogP contribution in [0, 0.1) is 0 Å². The van der Waals surface area contributed by atoms with E-state index in [2.05, 4.69) is 20.9 Å². The molecule has 10 heteroatoms. The van der Waals surface area contributed by atoms with Crippen molar-refractivity contribution in [3.05, 3.63) is 46.1 Å². The number of anilines is 1. The molecule has 1 aliphatic heterocycles. The Labute approximate surface area is 225 Å². The molecule has 3 heterocycles. The predicted molar refractivity (Wildman–Crippen MR) is 145 cm³/mol. The standard InChI is InChI=1S/C27H29Cl2N5O3/c1-14(35)18-13-31-22-9-8-21(15-11-19(28)26(36)20(29)12-15)34-25(22)24(18)32-16-4-6-17(7-5-16)33-27(37)23-3-2-10-30-23/h8-9,11-13,16-17,23,30,36H,2-7,10H2,1H3,(H,31,32)(H,33,37)/t16-,17-,23-/m0/s1. The number of amides is 1. The van der Waals surface area contributed by atoms with E-state index in [1.165, 1.54) is 6.92 Å². The van der Waals surface area contributed by atoms with Crippen LogP contribution < -0.4 is 16.0 Å². The lowest BCUT2D eigenvalue weighted by atomic mass is 9.90. The van der Waals surface area contributed by atoms with Crippen molar-refractivity contribution in [1.29, 1.82) is 0 Å². The average Bonchev–Trinajstić information content (AvgIpc) is 3.43. The summed E-state index contributed by atoms with van der Waals surface area (Å²) in [6.45, 7) is 2.41. The molecule has 1 aromatic carbocycles. The maximum atomic E-state index is 12.5. The zero-order valence-corrected chi connectivity index (χ0v) is 22.0. The number of rotatable bonds is 6. The van der Waals surface area contributed by atoms with Gasteiger partial charge in [-0.2, -0.15) is 0 Å². The Morgan fingerprint density at radius 3 is 2.41 bits per heavy atom. The fourth-order valence-corrected chi connectivity index (χ4v) is 5.64. The summed E-state index contributed by atoms with van der Waals surface area (Å²) in [7, 11) is 0. The molecule has 8 nitrogen and oxygen atoms in total. The average molecular weight is 542 g/mol. The molecule has 1 amide bonds. The number of phenols is 1. The molecule has 2 fully saturated rings. The maximum Gasteiger partial charge on any atom is 0.237 e. The van der Waals surface area contributed by atoms with Crippen molar-refractivity contribution in [2.75, 3.05) is 11.9 Å². The highest BCUT2D eigenvalue weighted by Gasteiger charge is 2.28. The van der Waals surface area contributed by atoms with Crippen molar-refractivity contribution in [1.82, 2.24) is 20.6 Å². The van der Waals surface area contributed by atoms with Crippen molar-refractivity contribution >= 4 is 51.6 Å². The number of ketones is 1. The van der Waals surface area contributed by atoms with Crippen LogP contribution in [0.5, 0.6) is 5.75 Å². The first-order valence-electron chi connectivity index (χ1n) is 12.6. The molecule has 37 heavy (non-hydrogen) atoms. The first-order chi connectivity index (χ1) is 17.8. The van der Waals surface area contributed by atoms with Crippen LogP contribution in [0.25, 0.3) is 22.3 Å². The largest absolute Gasteiger partial charge is 0.505 e. The maximum absolute atomic E-state index is 12.5. The summed E-state index contributed by atoms with van der Waals surface area (Å²) in [5.74, 6) is -0.189. The van der Waals surface area contributed by atoms with Crippen molar-refractivity contribution < 1.29 is 14.7 Å². The number of carbonyl (C=O) groups is 2. The van der Waals surface area contributed by atoms with Gasteiger partial charge in [0.05, 0.1) is 38.5 Å². The van der Waals surface area contributed by atoms with E-state index < -0.39 is 0 Å². The van der Waals surface area contributed by atoms with E-state index in [-0.39, 0.29) is 45.6 Å². The van der Waals surface area contributed by atoms with Crippen molar-refractivity contribution in [2.24, 2.45) is 0 Å². The van der Waals surface area contributed by atoms with E-state index in [1.807, 2.05) is 6.07 Å². The van der Waals surface area contributed by atoms with Gasteiger partial charge >= 0.3 is 0 Å². The Morgan fingerprint density at radius 2 is 1.76 bits per heavy atom. The van der Waals surface area contributed by atoms with Gasteiger partial charge in [0.2, 0.25) is 5.91 Å². The SMILES string of the molecule is CC(=O)c1cnc2ccc(-c3cc(Cl)c(O)c(Cl)c3)nc2c1N[C@H]1CC[C@H](NC(=O)[C@@H]2CCCN2)CC1. The Bertz CT molecular complexity index is 1330. The highest BCUT2D eigenvalue weighted by molar-refractivity contribution is 6.37. The number of fused-ring (bicyclic) bond motifs is 1. The molecule has 1 aliphatic carbocycles. The van der Waals surface area contributed by atoms with Crippen LogP contribution in [0.15, 0.2) is 30.5 Å². The van der Waals surface area contributed by atoms with E-state index in [1.54, 1.807) is 24.4 Å². The number of aromatic hydroxyl groups is 1. The molecular weight excluding hydrogens is 513 g/mol. The molecule has 1 atom stereocenters. The molecule has 194 valence electrons. The van der Waals surface area contributed by atoms with Crippen LogP contribution in [0.2, 0.25) is 10.0 Å². The van der Waals surface area contributed by atoms with Gasteiger partial charge in [-0.1, -0.05) is 23.2 Å². The third-order valence-electron chi connectivity index (χ3n) is 7.20. The molecule has 0 bridgehead atoms. The number of aromatic nitrogens is 2. The summed E-state index contributed by atoms with van der Waals surface area (Å²) in [5, 5.41) is 20.2. The van der Waals surface area contributed by atoms with Gasteiger partial charge in [0.1, 0.15) is 5.52 Å². The molecule has 3 aromatic rings. The molecular formula is C27H29Cl2N5O3. The molecule has 2 aliphatic rings. The lowest BCUT2D eigenvalue weighted by Gasteiger charge is -2.31. The van der Waals surface area contributed by atoms with Crippen LogP contribution in [-0.2, 0) is 4.79 Å². The number of nitrogens with zero attached hydrogens (tertiary/aromatic N) is 2. The second-order valence-electron chi connectivity index (χ2n) is 9.81. The number of hydrogen-bond acceptors (Lipinski definition) is 7. The van der Waals surface area contributed by atoms with Crippen molar-refractivity contribution in [3.8, 4) is 17.0 Å². The summed E-state index contributed by atoms with van der Waals surface area (Å²) >= 11 is 12.3. The fourth-order valence-electron chi connectivity index (χ4n) is 5.15. The van der Waals surface area contributed by atoms with E-state index in [4.69, 9.17) is 28.2 Å². The van der Waals surface area contributed by atoms with Gasteiger partial charge in [0.15, 0.2) is 11.5 Å². The first kappa shape index (κ1) is 25.7. The number of phenolic OH excluding ortho intramolecular Hbond substituents is 1. The molecule has 1 saturated carbocycles. The number of halogens is 2. The predicted octanol–water partition coefficient (Wildman–Crippen LogP) is 5.10. The number of hydrogen-bond donors (Lipinski definition) is 4. The van der Waals surface area contributed by atoms with E-state index in [0.29, 0.717) is 33.5 Å². The van der Waals surface area contributed by atoms with E-state index >= 15 is 0 Å². The minimum atomic E-state index is -0.179. The Kier molecular flexibility index (Phi) is 7.51. The van der Waals surface area contributed by atoms with Gasteiger partial charge in [-0.15, -0.1) is 0 Å². The Hall–Kier alpha value is -2.94. The third kappa shape index (κ3) is 5.51.